The number of carbonyl (C=O) groups excluding carboxylic acids is 2. The minimum atomic E-state index is -0.00157. The summed E-state index contributed by atoms with van der Waals surface area (Å²) in [4.78, 5) is 32.3. The number of nitrogens with one attached hydrogen (secondary N) is 1. The van der Waals surface area contributed by atoms with E-state index in [4.69, 9.17) is 0 Å². The van der Waals surface area contributed by atoms with E-state index in [1.165, 1.54) is 4.88 Å². The van der Waals surface area contributed by atoms with E-state index < -0.39 is 0 Å². The summed E-state index contributed by atoms with van der Waals surface area (Å²) in [5.74, 6) is 0.149. The van der Waals surface area contributed by atoms with Crippen LogP contribution in [0.2, 0.25) is 0 Å². The van der Waals surface area contributed by atoms with Crippen LogP contribution < -0.4 is 5.32 Å². The lowest BCUT2D eigenvalue weighted by Gasteiger charge is -2.21. The summed E-state index contributed by atoms with van der Waals surface area (Å²) >= 11 is 1.57. The van der Waals surface area contributed by atoms with Gasteiger partial charge in [-0.1, -0.05) is 6.07 Å². The number of rotatable bonds is 5. The van der Waals surface area contributed by atoms with Crippen LogP contribution in [-0.4, -0.2) is 42.3 Å². The van der Waals surface area contributed by atoms with Crippen LogP contribution in [0, 0.1) is 5.92 Å². The number of hydrogen-bond donors (Lipinski definition) is 1. The van der Waals surface area contributed by atoms with Crippen LogP contribution in [0.25, 0.3) is 0 Å². The van der Waals surface area contributed by atoms with Gasteiger partial charge in [0.05, 0.1) is 4.88 Å². The Kier molecular flexibility index (Phi) is 5.48. The highest BCUT2D eigenvalue weighted by Crippen LogP contribution is 2.32. The first-order valence-corrected chi connectivity index (χ1v) is 9.36. The lowest BCUT2D eigenvalue weighted by atomic mass is 9.87. The molecule has 25 heavy (non-hydrogen) atoms. The van der Waals surface area contributed by atoms with Crippen molar-refractivity contribution in [3.05, 3.63) is 51.5 Å². The highest BCUT2D eigenvalue weighted by Gasteiger charge is 2.27. The van der Waals surface area contributed by atoms with Gasteiger partial charge in [-0.25, -0.2) is 0 Å². The first-order valence-electron chi connectivity index (χ1n) is 8.54. The van der Waals surface area contributed by atoms with Gasteiger partial charge in [-0.15, -0.1) is 11.3 Å². The molecule has 2 heterocycles. The fourth-order valence-corrected chi connectivity index (χ4v) is 4.32. The Bertz CT molecular complexity index is 755. The zero-order valence-corrected chi connectivity index (χ0v) is 15.4. The van der Waals surface area contributed by atoms with Gasteiger partial charge >= 0.3 is 0 Å². The van der Waals surface area contributed by atoms with Gasteiger partial charge in [0, 0.05) is 43.8 Å². The van der Waals surface area contributed by atoms with Crippen LogP contribution >= 0.6 is 11.3 Å². The molecular weight excluding hydrogens is 334 g/mol. The topological polar surface area (TPSA) is 62.3 Å². The zero-order chi connectivity index (χ0) is 17.8. The molecule has 0 unspecified atom stereocenters. The first kappa shape index (κ1) is 17.6. The summed E-state index contributed by atoms with van der Waals surface area (Å²) in [7, 11) is 3.53. The maximum atomic E-state index is 12.4. The minimum Gasteiger partial charge on any atom is -0.356 e. The molecule has 0 aliphatic heterocycles. The molecule has 0 spiro atoms. The van der Waals surface area contributed by atoms with Crippen molar-refractivity contribution >= 4 is 23.2 Å². The second kappa shape index (κ2) is 7.78. The second-order valence-corrected chi connectivity index (χ2v) is 7.74. The lowest BCUT2D eigenvalue weighted by molar-refractivity contribution is -0.125. The quantitative estimate of drug-likeness (QED) is 0.893. The molecule has 132 valence electrons. The van der Waals surface area contributed by atoms with Gasteiger partial charge in [0.2, 0.25) is 5.91 Å². The molecule has 1 aliphatic rings. The van der Waals surface area contributed by atoms with Gasteiger partial charge in [0.1, 0.15) is 0 Å². The van der Waals surface area contributed by atoms with E-state index in [1.54, 1.807) is 36.5 Å². The Morgan fingerprint density at radius 3 is 2.96 bits per heavy atom. The molecule has 5 nitrogen and oxygen atoms in total. The van der Waals surface area contributed by atoms with Gasteiger partial charge in [-0.3, -0.25) is 14.6 Å². The fourth-order valence-electron chi connectivity index (χ4n) is 3.09. The number of amides is 2. The van der Waals surface area contributed by atoms with Crippen LogP contribution in [-0.2, 0) is 24.1 Å². The monoisotopic (exact) mass is 357 g/mol. The summed E-state index contributed by atoms with van der Waals surface area (Å²) in [6.45, 7) is 0.627. The third-order valence-corrected chi connectivity index (χ3v) is 5.73. The summed E-state index contributed by atoms with van der Waals surface area (Å²) in [6.07, 6.45) is 6.82. The molecular formula is C19H23N3O2S. The van der Waals surface area contributed by atoms with Crippen LogP contribution in [0.1, 0.15) is 32.1 Å². The molecule has 6 heteroatoms. The third-order valence-electron chi connectivity index (χ3n) is 4.51. The van der Waals surface area contributed by atoms with Crippen molar-refractivity contribution in [3.8, 4) is 0 Å². The molecule has 3 rings (SSSR count). The Morgan fingerprint density at radius 2 is 2.24 bits per heavy atom. The number of aromatic nitrogens is 1. The second-order valence-electron chi connectivity index (χ2n) is 6.60. The standard InChI is InChI=1S/C19H23N3O2S/c1-22(2)19(24)17-11-15-10-14(5-6-16(15)25-17)18(23)21-9-7-13-4-3-8-20-12-13/h3-4,8,11-12,14H,5-7,9-10H2,1-2H3,(H,21,23)/t14-/m0/s1. The average molecular weight is 357 g/mol. The smallest absolute Gasteiger partial charge is 0.263 e. The number of carbonyl (C=O) groups is 2. The maximum Gasteiger partial charge on any atom is 0.263 e. The SMILES string of the molecule is CN(C)C(=O)c1cc2c(s1)CC[C@H](C(=O)NCCc1cccnc1)C2. The fraction of sp³-hybridized carbons (Fsp3) is 0.421. The number of pyridine rings is 1. The molecule has 1 N–H and O–H groups in total. The highest BCUT2D eigenvalue weighted by molar-refractivity contribution is 7.14. The molecule has 0 fully saturated rings. The van der Waals surface area contributed by atoms with Crippen molar-refractivity contribution in [1.29, 1.82) is 0 Å². The van der Waals surface area contributed by atoms with E-state index in [1.807, 2.05) is 24.4 Å². The van der Waals surface area contributed by atoms with E-state index in [2.05, 4.69) is 10.3 Å². The van der Waals surface area contributed by atoms with Gasteiger partial charge in [0.15, 0.2) is 0 Å². The number of nitrogens with zero attached hydrogens (tertiary/aromatic N) is 2. The van der Waals surface area contributed by atoms with Crippen LogP contribution in [0.5, 0.6) is 0 Å². The Morgan fingerprint density at radius 1 is 1.40 bits per heavy atom. The largest absolute Gasteiger partial charge is 0.356 e. The zero-order valence-electron chi connectivity index (χ0n) is 14.6. The van der Waals surface area contributed by atoms with Gasteiger partial charge in [0.25, 0.3) is 5.91 Å². The molecule has 1 aliphatic carbocycles. The van der Waals surface area contributed by atoms with Crippen LogP contribution in [0.3, 0.4) is 0 Å². The molecule has 2 aromatic rings. The summed E-state index contributed by atoms with van der Waals surface area (Å²) in [5, 5.41) is 3.04. The van der Waals surface area contributed by atoms with E-state index in [0.29, 0.717) is 6.54 Å². The predicted molar refractivity (Wildman–Crippen MR) is 98.8 cm³/mol. The molecule has 0 saturated carbocycles. The van der Waals surface area contributed by atoms with Gasteiger partial charge < -0.3 is 10.2 Å². The number of fused-ring (bicyclic) bond motifs is 1. The Hall–Kier alpha value is -2.21. The van der Waals surface area contributed by atoms with Gasteiger partial charge in [-0.2, -0.15) is 0 Å². The number of thiophene rings is 1. The normalized spacial score (nSPS) is 16.2. The van der Waals surface area contributed by atoms with Gasteiger partial charge in [-0.05, 0) is 48.9 Å². The number of aryl methyl sites for hydroxylation is 1. The van der Waals surface area contributed by atoms with E-state index >= 15 is 0 Å². The van der Waals surface area contributed by atoms with Crippen LogP contribution in [0.4, 0.5) is 0 Å². The van der Waals surface area contributed by atoms with E-state index in [9.17, 15) is 9.59 Å². The van der Waals surface area contributed by atoms with Crippen molar-refractivity contribution in [1.82, 2.24) is 15.2 Å². The molecule has 0 aromatic carbocycles. The van der Waals surface area contributed by atoms with Crippen molar-refractivity contribution < 1.29 is 9.59 Å². The maximum absolute atomic E-state index is 12.4. The summed E-state index contributed by atoms with van der Waals surface area (Å²) in [5.41, 5.74) is 2.28. The Balaban J connectivity index is 1.55. The van der Waals surface area contributed by atoms with Crippen molar-refractivity contribution in [2.24, 2.45) is 5.92 Å². The van der Waals surface area contributed by atoms with Crippen molar-refractivity contribution in [3.63, 3.8) is 0 Å². The molecule has 1 atom stereocenters. The average Bonchev–Trinajstić information content (AvgIpc) is 3.04. The summed E-state index contributed by atoms with van der Waals surface area (Å²) in [6, 6.07) is 5.89. The first-order chi connectivity index (χ1) is 12.0. The minimum absolute atomic E-state index is 0.00157. The van der Waals surface area contributed by atoms with Crippen molar-refractivity contribution in [2.45, 2.75) is 25.7 Å². The lowest BCUT2D eigenvalue weighted by Crippen LogP contribution is -2.34. The number of hydrogen-bond acceptors (Lipinski definition) is 4. The molecule has 2 aromatic heterocycles. The molecule has 2 amide bonds. The van der Waals surface area contributed by atoms with E-state index in [0.717, 1.165) is 41.7 Å². The Labute approximate surface area is 152 Å². The summed E-state index contributed by atoms with van der Waals surface area (Å²) < 4.78 is 0. The molecule has 0 radical (unpaired) electrons. The van der Waals surface area contributed by atoms with E-state index in [-0.39, 0.29) is 17.7 Å². The van der Waals surface area contributed by atoms with Crippen molar-refractivity contribution in [2.75, 3.05) is 20.6 Å². The predicted octanol–water partition coefficient (Wildman–Crippen LogP) is 2.31. The molecule has 0 bridgehead atoms. The highest BCUT2D eigenvalue weighted by atomic mass is 32.1. The molecule has 0 saturated heterocycles. The van der Waals surface area contributed by atoms with Crippen LogP contribution in [0.15, 0.2) is 30.6 Å². The third kappa shape index (κ3) is 4.25.